The minimum Gasteiger partial charge on any atom is -0.496 e. The number of hydrogen-bond donors (Lipinski definition) is 2. The molecule has 172 valence electrons. The van der Waals surface area contributed by atoms with Crippen LogP contribution >= 0.6 is 12.4 Å². The van der Waals surface area contributed by atoms with Gasteiger partial charge in [-0.2, -0.15) is 0 Å². The van der Waals surface area contributed by atoms with E-state index in [0.717, 1.165) is 25.9 Å². The van der Waals surface area contributed by atoms with Crippen LogP contribution in [0.25, 0.3) is 0 Å². The molecule has 0 atom stereocenters. The highest BCUT2D eigenvalue weighted by molar-refractivity contribution is 6.01. The van der Waals surface area contributed by atoms with Crippen LogP contribution in [0.4, 0.5) is 4.39 Å². The molecule has 0 spiro atoms. The minimum atomic E-state index is -0.616. The van der Waals surface area contributed by atoms with E-state index in [-0.39, 0.29) is 47.0 Å². The molecule has 3 N–H and O–H groups in total. The van der Waals surface area contributed by atoms with Gasteiger partial charge in [0.2, 0.25) is 5.91 Å². The van der Waals surface area contributed by atoms with Gasteiger partial charge in [0.1, 0.15) is 11.6 Å². The number of nitrogens with two attached hydrogens (primary N) is 1. The number of carbonyl (C=O) groups excluding carboxylic acids is 3. The second-order valence-corrected chi connectivity index (χ2v) is 7.52. The Morgan fingerprint density at radius 2 is 1.72 bits per heavy atom. The fourth-order valence-corrected chi connectivity index (χ4v) is 3.73. The average molecular weight is 464 g/mol. The Morgan fingerprint density at radius 1 is 1.09 bits per heavy atom. The van der Waals surface area contributed by atoms with Crippen molar-refractivity contribution in [3.05, 3.63) is 65.0 Å². The molecule has 2 aromatic carbocycles. The molecule has 9 heteroatoms. The molecule has 1 saturated heterocycles. The molecule has 1 aliphatic heterocycles. The zero-order valence-corrected chi connectivity index (χ0v) is 18.6. The Labute approximate surface area is 192 Å². The quantitative estimate of drug-likeness (QED) is 0.586. The van der Waals surface area contributed by atoms with Gasteiger partial charge >= 0.3 is 0 Å². The Kier molecular flexibility index (Phi) is 9.16. The molecule has 1 fully saturated rings. The Hall–Kier alpha value is -2.97. The molecule has 32 heavy (non-hydrogen) atoms. The molecular formula is C23H27ClFN3O4. The molecule has 0 unspecified atom stereocenters. The summed E-state index contributed by atoms with van der Waals surface area (Å²) in [5.74, 6) is -0.974. The molecule has 0 aromatic heterocycles. The van der Waals surface area contributed by atoms with Crippen molar-refractivity contribution in [3.8, 4) is 5.75 Å². The lowest BCUT2D eigenvalue weighted by molar-refractivity contribution is 0.0838. The molecule has 1 heterocycles. The second-order valence-electron chi connectivity index (χ2n) is 7.52. The van der Waals surface area contributed by atoms with Crippen LogP contribution in [0.2, 0.25) is 0 Å². The summed E-state index contributed by atoms with van der Waals surface area (Å²) < 4.78 is 18.2. The maximum atomic E-state index is 13.0. The van der Waals surface area contributed by atoms with E-state index in [1.807, 2.05) is 0 Å². The van der Waals surface area contributed by atoms with Gasteiger partial charge in [0.15, 0.2) is 5.78 Å². The van der Waals surface area contributed by atoms with Crippen molar-refractivity contribution in [1.82, 2.24) is 10.2 Å². The Bertz CT molecular complexity index is 960. The van der Waals surface area contributed by atoms with Gasteiger partial charge in [0, 0.05) is 30.1 Å². The van der Waals surface area contributed by atoms with Crippen LogP contribution in [0.1, 0.15) is 43.9 Å². The normalized spacial score (nSPS) is 14.3. The summed E-state index contributed by atoms with van der Waals surface area (Å²) in [7, 11) is 1.45. The number of carbonyl (C=O) groups is 3. The molecular weight excluding hydrogens is 437 g/mol. The standard InChI is InChI=1S/C23H26FN3O4.ClH/c1-31-20-7-4-17(22(25)29)14-19(20)23(30)26-10-13-27-11-8-16(9-12-27)21(28)15-2-5-18(24)6-3-15;/h2-7,14,16H,8-13H2,1H3,(H2,25,29)(H,26,30);1H. The zero-order valence-electron chi connectivity index (χ0n) is 17.8. The third-order valence-corrected chi connectivity index (χ3v) is 5.53. The van der Waals surface area contributed by atoms with E-state index >= 15 is 0 Å². The molecule has 0 bridgehead atoms. The predicted molar refractivity (Wildman–Crippen MR) is 121 cm³/mol. The van der Waals surface area contributed by atoms with Crippen LogP contribution in [-0.4, -0.2) is 55.8 Å². The van der Waals surface area contributed by atoms with Crippen LogP contribution in [-0.2, 0) is 0 Å². The number of ether oxygens (including phenoxy) is 1. The third kappa shape index (κ3) is 6.27. The third-order valence-electron chi connectivity index (χ3n) is 5.53. The molecule has 0 radical (unpaired) electrons. The number of benzene rings is 2. The second kappa shape index (κ2) is 11.6. The first kappa shape index (κ1) is 25.3. The fraction of sp³-hybridized carbons (Fsp3) is 0.348. The van der Waals surface area contributed by atoms with Gasteiger partial charge in [-0.15, -0.1) is 12.4 Å². The molecule has 7 nitrogen and oxygen atoms in total. The zero-order chi connectivity index (χ0) is 22.4. The van der Waals surface area contributed by atoms with Crippen LogP contribution in [0.5, 0.6) is 5.75 Å². The predicted octanol–water partition coefficient (Wildman–Crippen LogP) is 2.68. The lowest BCUT2D eigenvalue weighted by Gasteiger charge is -2.31. The van der Waals surface area contributed by atoms with Gasteiger partial charge in [-0.25, -0.2) is 4.39 Å². The van der Waals surface area contributed by atoms with E-state index in [2.05, 4.69) is 10.2 Å². The maximum absolute atomic E-state index is 13.0. The number of halogens is 2. The van der Waals surface area contributed by atoms with Crippen molar-refractivity contribution in [3.63, 3.8) is 0 Å². The average Bonchev–Trinajstić information content (AvgIpc) is 2.79. The van der Waals surface area contributed by atoms with E-state index in [0.29, 0.717) is 24.4 Å². The van der Waals surface area contributed by atoms with Gasteiger partial charge < -0.3 is 20.7 Å². The van der Waals surface area contributed by atoms with Gasteiger partial charge in [0.25, 0.3) is 5.91 Å². The Morgan fingerprint density at radius 3 is 2.31 bits per heavy atom. The number of ketones is 1. The summed E-state index contributed by atoms with van der Waals surface area (Å²) in [6.45, 7) is 2.54. The number of rotatable bonds is 8. The summed E-state index contributed by atoms with van der Waals surface area (Å²) in [5, 5.41) is 2.84. The first-order valence-corrected chi connectivity index (χ1v) is 10.2. The highest BCUT2D eigenvalue weighted by Gasteiger charge is 2.25. The number of nitrogens with one attached hydrogen (secondary N) is 1. The molecule has 2 amide bonds. The highest BCUT2D eigenvalue weighted by Crippen LogP contribution is 2.22. The Balaban J connectivity index is 0.00000363. The molecule has 3 rings (SSSR count). The van der Waals surface area contributed by atoms with Gasteiger partial charge in [-0.1, -0.05) is 0 Å². The maximum Gasteiger partial charge on any atom is 0.255 e. The van der Waals surface area contributed by atoms with Crippen molar-refractivity contribution < 1.29 is 23.5 Å². The highest BCUT2D eigenvalue weighted by atomic mass is 35.5. The van der Waals surface area contributed by atoms with E-state index in [9.17, 15) is 18.8 Å². The van der Waals surface area contributed by atoms with Crippen molar-refractivity contribution in [1.29, 1.82) is 0 Å². The first-order chi connectivity index (χ1) is 14.9. The molecule has 0 saturated carbocycles. The van der Waals surface area contributed by atoms with E-state index in [4.69, 9.17) is 10.5 Å². The summed E-state index contributed by atoms with van der Waals surface area (Å²) in [5.41, 5.74) is 6.32. The van der Waals surface area contributed by atoms with Crippen molar-refractivity contribution in [2.45, 2.75) is 12.8 Å². The number of primary amides is 1. The number of piperidine rings is 1. The van der Waals surface area contributed by atoms with Gasteiger partial charge in [0.05, 0.1) is 12.7 Å². The largest absolute Gasteiger partial charge is 0.496 e. The molecule has 1 aliphatic rings. The molecule has 0 aliphatic carbocycles. The SMILES string of the molecule is COc1ccc(C(N)=O)cc1C(=O)NCCN1CCC(C(=O)c2ccc(F)cc2)CC1.Cl. The van der Waals surface area contributed by atoms with Crippen LogP contribution in [0, 0.1) is 11.7 Å². The van der Waals surface area contributed by atoms with Crippen molar-refractivity contribution >= 4 is 30.0 Å². The van der Waals surface area contributed by atoms with Crippen molar-refractivity contribution in [2.75, 3.05) is 33.3 Å². The van der Waals surface area contributed by atoms with E-state index < -0.39 is 5.91 Å². The number of methoxy groups -OCH3 is 1. The van der Waals surface area contributed by atoms with E-state index in [1.54, 1.807) is 0 Å². The fourth-order valence-electron chi connectivity index (χ4n) is 3.73. The number of likely N-dealkylation sites (tertiary alicyclic amines) is 1. The van der Waals surface area contributed by atoms with Gasteiger partial charge in [-0.3, -0.25) is 14.4 Å². The summed E-state index contributed by atoms with van der Waals surface area (Å²) in [6.07, 6.45) is 1.44. The number of amides is 2. The van der Waals surface area contributed by atoms with Crippen LogP contribution < -0.4 is 15.8 Å². The lowest BCUT2D eigenvalue weighted by Crippen LogP contribution is -2.41. The minimum absolute atomic E-state index is 0. The molecule has 2 aromatic rings. The van der Waals surface area contributed by atoms with Crippen molar-refractivity contribution in [2.24, 2.45) is 11.7 Å². The summed E-state index contributed by atoms with van der Waals surface area (Å²) >= 11 is 0. The monoisotopic (exact) mass is 463 g/mol. The number of Topliss-reactive ketones (excluding diaryl/α,β-unsaturated/α-hetero) is 1. The summed E-state index contributed by atoms with van der Waals surface area (Å²) in [4.78, 5) is 38.7. The lowest BCUT2D eigenvalue weighted by atomic mass is 9.89. The topological polar surface area (TPSA) is 102 Å². The summed E-state index contributed by atoms with van der Waals surface area (Å²) in [6, 6.07) is 10.1. The number of hydrogen-bond acceptors (Lipinski definition) is 5. The van der Waals surface area contributed by atoms with E-state index in [1.165, 1.54) is 49.6 Å². The first-order valence-electron chi connectivity index (χ1n) is 10.2. The van der Waals surface area contributed by atoms with Gasteiger partial charge in [-0.05, 0) is 68.4 Å². The number of nitrogens with zero attached hydrogens (tertiary/aromatic N) is 1. The van der Waals surface area contributed by atoms with Crippen LogP contribution in [0.15, 0.2) is 42.5 Å². The van der Waals surface area contributed by atoms with Crippen LogP contribution in [0.3, 0.4) is 0 Å². The smallest absolute Gasteiger partial charge is 0.255 e.